The van der Waals surface area contributed by atoms with Crippen molar-refractivity contribution >= 4 is 33.5 Å². The molecular weight excluding hydrogens is 348 g/mol. The first-order valence-corrected chi connectivity index (χ1v) is 10.4. The zero-order valence-electron chi connectivity index (χ0n) is 16.0. The minimum Gasteiger partial charge on any atom is -0.459 e. The molecule has 0 aliphatic rings. The van der Waals surface area contributed by atoms with Crippen LogP contribution in [0.3, 0.4) is 0 Å². The highest BCUT2D eigenvalue weighted by atomic mass is 33.1. The molecule has 0 aliphatic carbocycles. The Morgan fingerprint density at radius 3 is 1.29 bits per heavy atom. The lowest BCUT2D eigenvalue weighted by Crippen LogP contribution is -2.42. The molecule has 142 valence electrons. The first-order valence-electron chi connectivity index (χ1n) is 7.94. The highest BCUT2D eigenvalue weighted by molar-refractivity contribution is 8.76. The molecule has 0 saturated carbocycles. The Morgan fingerprint density at radius 2 is 1.08 bits per heavy atom. The van der Waals surface area contributed by atoms with Gasteiger partial charge in [0.25, 0.3) is 0 Å². The average molecular weight is 381 g/mol. The molecule has 24 heavy (non-hydrogen) atoms. The predicted molar refractivity (Wildman–Crippen MR) is 102 cm³/mol. The van der Waals surface area contributed by atoms with E-state index < -0.39 is 11.2 Å². The zero-order valence-corrected chi connectivity index (χ0v) is 17.7. The molecule has 0 fully saturated rings. The maximum Gasteiger partial charge on any atom is 0.324 e. The molecule has 0 radical (unpaired) electrons. The molecule has 0 heterocycles. The Hall–Kier alpha value is -0.440. The van der Waals surface area contributed by atoms with Gasteiger partial charge in [-0.2, -0.15) is 0 Å². The van der Waals surface area contributed by atoms with Crippen LogP contribution >= 0.6 is 21.6 Å². The van der Waals surface area contributed by atoms with Gasteiger partial charge in [0.15, 0.2) is 0 Å². The van der Waals surface area contributed by atoms with Crippen LogP contribution in [0.2, 0.25) is 0 Å². The Labute approximate surface area is 154 Å². The van der Waals surface area contributed by atoms with Crippen molar-refractivity contribution in [3.05, 3.63) is 0 Å². The highest BCUT2D eigenvalue weighted by Gasteiger charge is 2.26. The van der Waals surface area contributed by atoms with E-state index in [1.807, 2.05) is 41.5 Å². The van der Waals surface area contributed by atoms with Crippen LogP contribution in [0.5, 0.6) is 0 Å². The molecule has 0 saturated heterocycles. The summed E-state index contributed by atoms with van der Waals surface area (Å²) in [6.07, 6.45) is 0. The Morgan fingerprint density at radius 1 is 0.792 bits per heavy atom. The van der Waals surface area contributed by atoms with E-state index in [4.69, 9.17) is 9.47 Å². The van der Waals surface area contributed by atoms with Gasteiger partial charge < -0.3 is 20.1 Å². The summed E-state index contributed by atoms with van der Waals surface area (Å²) in [5.74, 6) is 0.576. The lowest BCUT2D eigenvalue weighted by atomic mass is 10.2. The summed E-state index contributed by atoms with van der Waals surface area (Å²) < 4.78 is 10.7. The van der Waals surface area contributed by atoms with E-state index in [9.17, 15) is 9.59 Å². The molecule has 0 bridgehead atoms. The van der Waals surface area contributed by atoms with Gasteiger partial charge in [0.1, 0.15) is 23.3 Å². The molecule has 0 rings (SSSR count). The van der Waals surface area contributed by atoms with E-state index in [-0.39, 0.29) is 24.0 Å². The third-order valence-electron chi connectivity index (χ3n) is 2.63. The maximum absolute atomic E-state index is 12.0. The standard InChI is InChI=1S/C16H32N2O4S2/c1-15(2,3)21-13(19)11(17-7)9-23-24-10-12(18-8)14(20)22-16(4,5)6/h11-12,17-18H,9-10H2,1-8H3/t11-,12-/m0/s1. The Balaban J connectivity index is 4.28. The quantitative estimate of drug-likeness (QED) is 0.358. The second-order valence-electron chi connectivity index (χ2n) is 7.32. The van der Waals surface area contributed by atoms with Gasteiger partial charge in [-0.25, -0.2) is 0 Å². The fourth-order valence-electron chi connectivity index (χ4n) is 1.52. The number of hydrogen-bond donors (Lipinski definition) is 2. The normalized spacial score (nSPS) is 14.8. The van der Waals surface area contributed by atoms with Crippen molar-refractivity contribution in [1.29, 1.82) is 0 Å². The maximum atomic E-state index is 12.0. The van der Waals surface area contributed by atoms with Gasteiger partial charge >= 0.3 is 11.9 Å². The van der Waals surface area contributed by atoms with Gasteiger partial charge in [-0.1, -0.05) is 21.6 Å². The largest absolute Gasteiger partial charge is 0.459 e. The minimum atomic E-state index is -0.502. The molecule has 0 unspecified atom stereocenters. The number of esters is 2. The third-order valence-corrected chi connectivity index (χ3v) is 5.05. The molecular formula is C16H32N2O4S2. The zero-order chi connectivity index (χ0) is 19.0. The molecule has 0 aromatic carbocycles. The predicted octanol–water partition coefficient (Wildman–Crippen LogP) is 2.23. The molecule has 8 heteroatoms. The van der Waals surface area contributed by atoms with Crippen LogP contribution in [-0.2, 0) is 19.1 Å². The second-order valence-corrected chi connectivity index (χ2v) is 9.87. The average Bonchev–Trinajstić information content (AvgIpc) is 2.38. The fraction of sp³-hybridized carbons (Fsp3) is 0.875. The molecule has 0 spiro atoms. The van der Waals surface area contributed by atoms with Crippen molar-refractivity contribution in [3.63, 3.8) is 0 Å². The second kappa shape index (κ2) is 10.5. The summed E-state index contributed by atoms with van der Waals surface area (Å²) in [5.41, 5.74) is -1.00. The van der Waals surface area contributed by atoms with Crippen LogP contribution in [-0.4, -0.2) is 60.8 Å². The summed E-state index contributed by atoms with van der Waals surface area (Å²) in [4.78, 5) is 24.1. The molecule has 0 aromatic rings. The van der Waals surface area contributed by atoms with Crippen LogP contribution in [0.25, 0.3) is 0 Å². The van der Waals surface area contributed by atoms with Crippen LogP contribution in [0.15, 0.2) is 0 Å². The van der Waals surface area contributed by atoms with E-state index in [1.54, 1.807) is 14.1 Å². The van der Waals surface area contributed by atoms with Gasteiger partial charge in [0, 0.05) is 11.5 Å². The number of carbonyl (C=O) groups is 2. The molecule has 0 amide bonds. The number of rotatable bonds is 9. The van der Waals surface area contributed by atoms with Crippen molar-refractivity contribution in [2.75, 3.05) is 25.6 Å². The highest BCUT2D eigenvalue weighted by Crippen LogP contribution is 2.24. The summed E-state index contributed by atoms with van der Waals surface area (Å²) in [7, 11) is 6.52. The minimum absolute atomic E-state index is 0.268. The molecule has 2 N–H and O–H groups in total. The van der Waals surface area contributed by atoms with Gasteiger partial charge in [0.05, 0.1) is 0 Å². The fourth-order valence-corrected chi connectivity index (χ4v) is 3.98. The Kier molecular flexibility index (Phi) is 10.3. The van der Waals surface area contributed by atoms with Gasteiger partial charge in [-0.15, -0.1) is 0 Å². The van der Waals surface area contributed by atoms with E-state index in [0.29, 0.717) is 11.5 Å². The number of likely N-dealkylation sites (N-methyl/N-ethyl adjacent to an activating group) is 2. The van der Waals surface area contributed by atoms with Crippen molar-refractivity contribution < 1.29 is 19.1 Å². The van der Waals surface area contributed by atoms with Crippen molar-refractivity contribution in [2.24, 2.45) is 0 Å². The number of carbonyl (C=O) groups excluding carboxylic acids is 2. The summed E-state index contributed by atoms with van der Waals surface area (Å²) >= 11 is 0. The smallest absolute Gasteiger partial charge is 0.324 e. The van der Waals surface area contributed by atoms with Gasteiger partial charge in [-0.3, -0.25) is 9.59 Å². The van der Waals surface area contributed by atoms with Crippen molar-refractivity contribution in [3.8, 4) is 0 Å². The topological polar surface area (TPSA) is 76.7 Å². The van der Waals surface area contributed by atoms with Crippen LogP contribution in [0.1, 0.15) is 41.5 Å². The van der Waals surface area contributed by atoms with E-state index >= 15 is 0 Å². The summed E-state index contributed by atoms with van der Waals surface area (Å²) in [5, 5.41) is 5.93. The summed E-state index contributed by atoms with van der Waals surface area (Å²) in [6, 6.07) is -0.757. The third kappa shape index (κ3) is 11.2. The van der Waals surface area contributed by atoms with Crippen LogP contribution in [0.4, 0.5) is 0 Å². The lowest BCUT2D eigenvalue weighted by Gasteiger charge is -2.24. The van der Waals surface area contributed by atoms with Gasteiger partial charge in [-0.05, 0) is 55.6 Å². The Bertz CT molecular complexity index is 368. The molecule has 2 atom stereocenters. The molecule has 0 aromatic heterocycles. The van der Waals surface area contributed by atoms with E-state index in [1.165, 1.54) is 21.6 Å². The van der Waals surface area contributed by atoms with Crippen LogP contribution in [0, 0.1) is 0 Å². The number of ether oxygens (including phenoxy) is 2. The van der Waals surface area contributed by atoms with Gasteiger partial charge in [0.2, 0.25) is 0 Å². The van der Waals surface area contributed by atoms with Crippen molar-refractivity contribution in [2.45, 2.75) is 64.8 Å². The summed E-state index contributed by atoms with van der Waals surface area (Å²) in [6.45, 7) is 11.1. The molecule has 6 nitrogen and oxygen atoms in total. The first-order chi connectivity index (χ1) is 10.9. The lowest BCUT2D eigenvalue weighted by molar-refractivity contribution is -0.157. The first kappa shape index (κ1) is 23.6. The van der Waals surface area contributed by atoms with Crippen molar-refractivity contribution in [1.82, 2.24) is 10.6 Å². The van der Waals surface area contributed by atoms with Crippen LogP contribution < -0.4 is 10.6 Å². The monoisotopic (exact) mass is 380 g/mol. The molecule has 0 aliphatic heterocycles. The van der Waals surface area contributed by atoms with E-state index in [0.717, 1.165) is 0 Å². The van der Waals surface area contributed by atoms with E-state index in [2.05, 4.69) is 10.6 Å². The SMILES string of the molecule is CN[C@@H](CSSC[C@H](NC)C(=O)OC(C)(C)C)C(=O)OC(C)(C)C. The number of hydrogen-bond acceptors (Lipinski definition) is 8. The number of nitrogens with one attached hydrogen (secondary N) is 2.